The van der Waals surface area contributed by atoms with E-state index in [1.165, 1.54) is 25.3 Å². The van der Waals surface area contributed by atoms with Crippen molar-refractivity contribution < 1.29 is 18.0 Å². The van der Waals surface area contributed by atoms with Crippen LogP contribution in [0.2, 0.25) is 5.02 Å². The lowest BCUT2D eigenvalue weighted by molar-refractivity contribution is -0.137. The Morgan fingerprint density at radius 3 is 2.28 bits per heavy atom. The van der Waals surface area contributed by atoms with Crippen molar-refractivity contribution in [3.8, 4) is 0 Å². The quantitative estimate of drug-likeness (QED) is 0.528. The summed E-state index contributed by atoms with van der Waals surface area (Å²) in [6, 6.07) is 2.55. The lowest BCUT2D eigenvalue weighted by Crippen LogP contribution is -2.57. The van der Waals surface area contributed by atoms with Gasteiger partial charge in [0.05, 0.1) is 16.3 Å². The largest absolute Gasteiger partial charge is 0.416 e. The van der Waals surface area contributed by atoms with E-state index in [-0.39, 0.29) is 22.2 Å². The lowest BCUT2D eigenvalue weighted by Gasteiger charge is -2.59. The van der Waals surface area contributed by atoms with Crippen molar-refractivity contribution in [1.82, 2.24) is 5.32 Å². The number of anilines is 1. The number of amides is 2. The zero-order valence-corrected chi connectivity index (χ0v) is 17.4. The molecule has 160 valence electrons. The molecule has 4 saturated carbocycles. The highest BCUT2D eigenvalue weighted by Gasteiger charge is 2.54. The number of benzene rings is 1. The van der Waals surface area contributed by atoms with Gasteiger partial charge in [0.2, 0.25) is 0 Å². The number of carbonyl (C=O) groups is 1. The number of urea groups is 1. The third-order valence-corrected chi connectivity index (χ3v) is 7.58. The summed E-state index contributed by atoms with van der Waals surface area (Å²) in [5, 5.41) is 5.77. The Balaban J connectivity index is 1.49. The average molecular weight is 429 g/mol. The fourth-order valence-corrected chi connectivity index (χ4v) is 6.70. The first-order valence-electron chi connectivity index (χ1n) is 10.6. The van der Waals surface area contributed by atoms with Crippen LogP contribution in [0.15, 0.2) is 18.2 Å². The summed E-state index contributed by atoms with van der Waals surface area (Å²) >= 11 is 6.03. The Morgan fingerprint density at radius 2 is 1.76 bits per heavy atom. The number of hydrogen-bond donors (Lipinski definition) is 2. The molecule has 4 fully saturated rings. The van der Waals surface area contributed by atoms with E-state index in [2.05, 4.69) is 17.6 Å². The summed E-state index contributed by atoms with van der Waals surface area (Å²) in [5.41, 5.74) is -0.706. The molecule has 5 rings (SSSR count). The molecule has 2 amide bonds. The SMILES string of the molecule is CCC[C@@H](NC(=O)Nc1cc(C(F)(F)F)ccc1Cl)C12CC3CC(CC(C3)C1)C2. The van der Waals surface area contributed by atoms with Crippen LogP contribution in [0.25, 0.3) is 0 Å². The molecule has 0 radical (unpaired) electrons. The maximum atomic E-state index is 13.0. The van der Waals surface area contributed by atoms with Crippen molar-refractivity contribution >= 4 is 23.3 Å². The van der Waals surface area contributed by atoms with Crippen LogP contribution in [-0.4, -0.2) is 12.1 Å². The predicted octanol–water partition coefficient (Wildman–Crippen LogP) is 6.87. The standard InChI is InChI=1S/C22H28ClF3N2O/c1-2-3-19(21-10-13-6-14(11-21)8-15(7-13)12-21)28-20(29)27-18-9-16(22(24,25)26)4-5-17(18)23/h4-5,9,13-15,19H,2-3,6-8,10-12H2,1H3,(H2,27,28,29)/t13?,14?,15?,19-,21?/m1/s1. The summed E-state index contributed by atoms with van der Waals surface area (Å²) in [7, 11) is 0. The van der Waals surface area contributed by atoms with Gasteiger partial charge in [0.15, 0.2) is 0 Å². The van der Waals surface area contributed by atoms with Gasteiger partial charge in [-0.3, -0.25) is 0 Å². The number of alkyl halides is 3. The number of halogens is 4. The van der Waals surface area contributed by atoms with Gasteiger partial charge in [-0.15, -0.1) is 0 Å². The second-order valence-electron chi connectivity index (χ2n) is 9.41. The Kier molecular flexibility index (Phi) is 5.51. The molecular weight excluding hydrogens is 401 g/mol. The van der Waals surface area contributed by atoms with Crippen LogP contribution in [-0.2, 0) is 6.18 Å². The molecule has 4 aliphatic carbocycles. The zero-order chi connectivity index (χ0) is 20.8. The van der Waals surface area contributed by atoms with Gasteiger partial charge in [-0.05, 0) is 86.3 Å². The highest BCUT2D eigenvalue weighted by Crippen LogP contribution is 2.61. The molecule has 1 aromatic carbocycles. The van der Waals surface area contributed by atoms with Crippen molar-refractivity contribution in [2.75, 3.05) is 5.32 Å². The maximum Gasteiger partial charge on any atom is 0.416 e. The van der Waals surface area contributed by atoms with Crippen molar-refractivity contribution in [2.45, 2.75) is 70.5 Å². The van der Waals surface area contributed by atoms with E-state index in [1.54, 1.807) is 0 Å². The summed E-state index contributed by atoms with van der Waals surface area (Å²) in [5.74, 6) is 2.30. The first-order chi connectivity index (χ1) is 13.7. The molecule has 0 heterocycles. The van der Waals surface area contributed by atoms with Crippen molar-refractivity contribution in [3.63, 3.8) is 0 Å². The second-order valence-corrected chi connectivity index (χ2v) is 9.82. The van der Waals surface area contributed by atoms with Gasteiger partial charge in [0.25, 0.3) is 0 Å². The van der Waals surface area contributed by atoms with E-state index in [9.17, 15) is 18.0 Å². The van der Waals surface area contributed by atoms with E-state index in [0.29, 0.717) is 0 Å². The first-order valence-corrected chi connectivity index (χ1v) is 11.0. The van der Waals surface area contributed by atoms with Gasteiger partial charge in [-0.25, -0.2) is 4.79 Å². The van der Waals surface area contributed by atoms with E-state index in [4.69, 9.17) is 11.6 Å². The van der Waals surface area contributed by atoms with Gasteiger partial charge in [0.1, 0.15) is 0 Å². The van der Waals surface area contributed by atoms with Gasteiger partial charge >= 0.3 is 12.2 Å². The second kappa shape index (κ2) is 7.68. The molecule has 1 aromatic rings. The number of hydrogen-bond acceptors (Lipinski definition) is 1. The molecule has 4 bridgehead atoms. The van der Waals surface area contributed by atoms with Crippen molar-refractivity contribution in [1.29, 1.82) is 0 Å². The monoisotopic (exact) mass is 428 g/mol. The molecule has 0 aromatic heterocycles. The van der Waals surface area contributed by atoms with Crippen LogP contribution in [0.1, 0.15) is 63.9 Å². The van der Waals surface area contributed by atoms with Crippen LogP contribution in [0.3, 0.4) is 0 Å². The lowest BCUT2D eigenvalue weighted by atomic mass is 9.47. The molecule has 0 unspecified atom stereocenters. The third kappa shape index (κ3) is 4.23. The Bertz CT molecular complexity index is 745. The van der Waals surface area contributed by atoms with Gasteiger partial charge in [-0.1, -0.05) is 24.9 Å². The van der Waals surface area contributed by atoms with E-state index >= 15 is 0 Å². The molecule has 4 aliphatic rings. The molecule has 0 saturated heterocycles. The fraction of sp³-hybridized carbons (Fsp3) is 0.682. The Labute approximate surface area is 174 Å². The predicted molar refractivity (Wildman–Crippen MR) is 108 cm³/mol. The highest BCUT2D eigenvalue weighted by molar-refractivity contribution is 6.33. The zero-order valence-electron chi connectivity index (χ0n) is 16.6. The van der Waals surface area contributed by atoms with Crippen LogP contribution in [0.5, 0.6) is 0 Å². The Morgan fingerprint density at radius 1 is 1.17 bits per heavy atom. The van der Waals surface area contributed by atoms with Gasteiger partial charge < -0.3 is 10.6 Å². The van der Waals surface area contributed by atoms with Gasteiger partial charge in [0, 0.05) is 6.04 Å². The number of rotatable bonds is 5. The number of nitrogens with one attached hydrogen (secondary N) is 2. The van der Waals surface area contributed by atoms with Crippen LogP contribution < -0.4 is 10.6 Å². The van der Waals surface area contributed by atoms with E-state index < -0.39 is 17.8 Å². The Hall–Kier alpha value is -1.43. The van der Waals surface area contributed by atoms with Crippen molar-refractivity contribution in [3.05, 3.63) is 28.8 Å². The topological polar surface area (TPSA) is 41.1 Å². The summed E-state index contributed by atoms with van der Waals surface area (Å²) < 4.78 is 39.0. The maximum absolute atomic E-state index is 13.0. The summed E-state index contributed by atoms with van der Waals surface area (Å²) in [6.07, 6.45) is 4.81. The van der Waals surface area contributed by atoms with E-state index in [1.807, 2.05) is 0 Å². The normalized spacial score (nSPS) is 31.6. The molecule has 0 aliphatic heterocycles. The summed E-state index contributed by atoms with van der Waals surface area (Å²) in [4.78, 5) is 12.7. The molecule has 3 nitrogen and oxygen atoms in total. The summed E-state index contributed by atoms with van der Waals surface area (Å²) in [6.45, 7) is 2.11. The highest BCUT2D eigenvalue weighted by atomic mass is 35.5. The van der Waals surface area contributed by atoms with Crippen LogP contribution in [0, 0.1) is 23.2 Å². The molecule has 2 N–H and O–H groups in total. The smallest absolute Gasteiger partial charge is 0.335 e. The van der Waals surface area contributed by atoms with Gasteiger partial charge in [-0.2, -0.15) is 13.2 Å². The number of carbonyl (C=O) groups excluding carboxylic acids is 1. The van der Waals surface area contributed by atoms with E-state index in [0.717, 1.165) is 62.0 Å². The molecular formula is C22H28ClF3N2O. The van der Waals surface area contributed by atoms with Crippen LogP contribution in [0.4, 0.5) is 23.7 Å². The minimum Gasteiger partial charge on any atom is -0.335 e. The first kappa shape index (κ1) is 20.8. The minimum absolute atomic E-state index is 0.0141. The average Bonchev–Trinajstić information content (AvgIpc) is 2.61. The third-order valence-electron chi connectivity index (χ3n) is 7.25. The van der Waals surface area contributed by atoms with Crippen molar-refractivity contribution in [2.24, 2.45) is 23.2 Å². The molecule has 0 spiro atoms. The molecule has 29 heavy (non-hydrogen) atoms. The molecule has 7 heteroatoms. The molecule has 1 atom stereocenters. The minimum atomic E-state index is -4.48. The fourth-order valence-electron chi connectivity index (χ4n) is 6.54. The van der Waals surface area contributed by atoms with Crippen LogP contribution >= 0.6 is 11.6 Å².